The molecule has 1 aromatic rings. The summed E-state index contributed by atoms with van der Waals surface area (Å²) in [5, 5.41) is 12.9. The molecule has 0 saturated heterocycles. The zero-order valence-corrected chi connectivity index (χ0v) is 11.9. The highest BCUT2D eigenvalue weighted by Crippen LogP contribution is 2.29. The van der Waals surface area contributed by atoms with Crippen LogP contribution in [0.2, 0.25) is 5.02 Å². The van der Waals surface area contributed by atoms with Gasteiger partial charge in [-0.2, -0.15) is 0 Å². The van der Waals surface area contributed by atoms with Gasteiger partial charge in [-0.15, -0.1) is 0 Å². The van der Waals surface area contributed by atoms with Gasteiger partial charge in [-0.3, -0.25) is 0 Å². The third-order valence-electron chi connectivity index (χ3n) is 3.93. The molecule has 19 heavy (non-hydrogen) atoms. The molecule has 0 spiro atoms. The molecule has 4 heteroatoms. The number of nitrogens with one attached hydrogen (secondary N) is 1. The van der Waals surface area contributed by atoms with Gasteiger partial charge < -0.3 is 10.4 Å². The van der Waals surface area contributed by atoms with Crippen LogP contribution in [0.5, 0.6) is 0 Å². The summed E-state index contributed by atoms with van der Waals surface area (Å²) in [5.74, 6) is 0.539. The fraction of sp³-hybridized carbons (Fsp3) is 0.533. The van der Waals surface area contributed by atoms with E-state index >= 15 is 0 Å². The number of benzene rings is 1. The van der Waals surface area contributed by atoms with E-state index in [2.05, 4.69) is 12.2 Å². The summed E-state index contributed by atoms with van der Waals surface area (Å²) < 4.78 is 0. The van der Waals surface area contributed by atoms with Gasteiger partial charge in [-0.05, 0) is 42.9 Å². The summed E-state index contributed by atoms with van der Waals surface area (Å²) in [6, 6.07) is 4.96. The smallest absolute Gasteiger partial charge is 0.337 e. The Hall–Kier alpha value is -1.22. The SMILES string of the molecule is CC1CCC(CNc2ccc(Cl)cc2C(=O)O)CC1. The maximum absolute atomic E-state index is 11.2. The quantitative estimate of drug-likeness (QED) is 0.866. The number of hydrogen-bond acceptors (Lipinski definition) is 2. The lowest BCUT2D eigenvalue weighted by atomic mass is 9.83. The van der Waals surface area contributed by atoms with Crippen LogP contribution in [0.25, 0.3) is 0 Å². The Balaban J connectivity index is 1.97. The molecule has 1 aliphatic rings. The minimum atomic E-state index is -0.942. The van der Waals surface area contributed by atoms with Crippen molar-refractivity contribution < 1.29 is 9.90 Å². The summed E-state index contributed by atoms with van der Waals surface area (Å²) >= 11 is 5.83. The largest absolute Gasteiger partial charge is 0.478 e. The average molecular weight is 282 g/mol. The van der Waals surface area contributed by atoms with E-state index in [9.17, 15) is 4.79 Å². The molecule has 0 aromatic heterocycles. The molecule has 1 aliphatic carbocycles. The molecule has 1 fully saturated rings. The Morgan fingerprint density at radius 2 is 2.05 bits per heavy atom. The van der Waals surface area contributed by atoms with Gasteiger partial charge in [0.25, 0.3) is 0 Å². The molecule has 0 radical (unpaired) electrons. The average Bonchev–Trinajstić information content (AvgIpc) is 2.39. The van der Waals surface area contributed by atoms with Crippen LogP contribution < -0.4 is 5.32 Å². The van der Waals surface area contributed by atoms with Crippen LogP contribution in [-0.4, -0.2) is 17.6 Å². The van der Waals surface area contributed by atoms with Gasteiger partial charge in [0, 0.05) is 17.3 Å². The highest BCUT2D eigenvalue weighted by molar-refractivity contribution is 6.31. The number of rotatable bonds is 4. The van der Waals surface area contributed by atoms with Gasteiger partial charge in [0.1, 0.15) is 0 Å². The Bertz CT molecular complexity index is 453. The number of hydrogen-bond donors (Lipinski definition) is 2. The molecule has 2 N–H and O–H groups in total. The van der Waals surface area contributed by atoms with Crippen LogP contribution in [0.4, 0.5) is 5.69 Å². The van der Waals surface area contributed by atoms with Gasteiger partial charge >= 0.3 is 5.97 Å². The first-order chi connectivity index (χ1) is 9.06. The molecule has 1 aromatic carbocycles. The fourth-order valence-electron chi connectivity index (χ4n) is 2.64. The first-order valence-electron chi connectivity index (χ1n) is 6.83. The Morgan fingerprint density at radius 1 is 1.37 bits per heavy atom. The molecular formula is C15H20ClNO2. The molecule has 104 valence electrons. The van der Waals surface area contributed by atoms with Gasteiger partial charge in [-0.1, -0.05) is 31.4 Å². The van der Waals surface area contributed by atoms with Crippen LogP contribution in [0.15, 0.2) is 18.2 Å². The van der Waals surface area contributed by atoms with Gasteiger partial charge in [-0.25, -0.2) is 4.79 Å². The van der Waals surface area contributed by atoms with Gasteiger partial charge in [0.15, 0.2) is 0 Å². The lowest BCUT2D eigenvalue weighted by Crippen LogP contribution is -2.21. The van der Waals surface area contributed by atoms with E-state index in [1.807, 2.05) is 0 Å². The van der Waals surface area contributed by atoms with Gasteiger partial charge in [0.2, 0.25) is 0 Å². The molecule has 0 bridgehead atoms. The normalized spacial score (nSPS) is 23.1. The van der Waals surface area contributed by atoms with E-state index in [4.69, 9.17) is 16.7 Å². The second kappa shape index (κ2) is 6.29. The number of anilines is 1. The molecule has 2 rings (SSSR count). The summed E-state index contributed by atoms with van der Waals surface area (Å²) in [7, 11) is 0. The van der Waals surface area contributed by atoms with Crippen molar-refractivity contribution in [3.63, 3.8) is 0 Å². The third kappa shape index (κ3) is 3.87. The molecule has 1 saturated carbocycles. The van der Waals surface area contributed by atoms with Crippen molar-refractivity contribution in [1.29, 1.82) is 0 Å². The van der Waals surface area contributed by atoms with Crippen LogP contribution in [0.3, 0.4) is 0 Å². The van der Waals surface area contributed by atoms with Crippen molar-refractivity contribution in [2.45, 2.75) is 32.6 Å². The molecule has 3 nitrogen and oxygen atoms in total. The minimum Gasteiger partial charge on any atom is -0.478 e. The molecule has 0 unspecified atom stereocenters. The topological polar surface area (TPSA) is 49.3 Å². The van der Waals surface area contributed by atoms with Crippen LogP contribution in [0.1, 0.15) is 43.0 Å². The van der Waals surface area contributed by atoms with E-state index in [0.717, 1.165) is 12.5 Å². The molecule has 0 heterocycles. The van der Waals surface area contributed by atoms with Crippen molar-refractivity contribution >= 4 is 23.3 Å². The lowest BCUT2D eigenvalue weighted by Gasteiger charge is -2.26. The monoisotopic (exact) mass is 281 g/mol. The summed E-state index contributed by atoms with van der Waals surface area (Å²) in [4.78, 5) is 11.2. The van der Waals surface area contributed by atoms with E-state index in [-0.39, 0.29) is 5.56 Å². The van der Waals surface area contributed by atoms with Crippen LogP contribution in [-0.2, 0) is 0 Å². The minimum absolute atomic E-state index is 0.247. The highest BCUT2D eigenvalue weighted by atomic mass is 35.5. The number of aromatic carboxylic acids is 1. The van der Waals surface area contributed by atoms with Crippen LogP contribution >= 0.6 is 11.6 Å². The predicted octanol–water partition coefficient (Wildman–Crippen LogP) is 4.28. The predicted molar refractivity (Wildman–Crippen MR) is 78.0 cm³/mol. The second-order valence-corrected chi connectivity index (χ2v) is 5.94. The summed E-state index contributed by atoms with van der Waals surface area (Å²) in [6.45, 7) is 3.14. The number of carboxylic acid groups (broad SMARTS) is 1. The van der Waals surface area contributed by atoms with Crippen molar-refractivity contribution in [2.75, 3.05) is 11.9 Å². The molecule has 0 atom stereocenters. The maximum atomic E-state index is 11.2. The first-order valence-corrected chi connectivity index (χ1v) is 7.20. The zero-order chi connectivity index (χ0) is 13.8. The zero-order valence-electron chi connectivity index (χ0n) is 11.2. The van der Waals surface area contributed by atoms with Gasteiger partial charge in [0.05, 0.1) is 5.56 Å². The lowest BCUT2D eigenvalue weighted by molar-refractivity contribution is 0.0698. The molecule has 0 aliphatic heterocycles. The van der Waals surface area contributed by atoms with E-state index < -0.39 is 5.97 Å². The summed E-state index contributed by atoms with van der Waals surface area (Å²) in [6.07, 6.45) is 5.01. The Morgan fingerprint density at radius 3 is 2.68 bits per heavy atom. The number of carboxylic acids is 1. The number of halogens is 1. The van der Waals surface area contributed by atoms with E-state index in [1.165, 1.54) is 31.7 Å². The van der Waals surface area contributed by atoms with Crippen molar-refractivity contribution in [3.8, 4) is 0 Å². The fourth-order valence-corrected chi connectivity index (χ4v) is 2.81. The Labute approximate surface area is 119 Å². The van der Waals surface area contributed by atoms with Crippen molar-refractivity contribution in [1.82, 2.24) is 0 Å². The first kappa shape index (κ1) is 14.2. The van der Waals surface area contributed by atoms with Crippen molar-refractivity contribution in [3.05, 3.63) is 28.8 Å². The van der Waals surface area contributed by atoms with Crippen molar-refractivity contribution in [2.24, 2.45) is 11.8 Å². The molecular weight excluding hydrogens is 262 g/mol. The van der Waals surface area contributed by atoms with E-state index in [0.29, 0.717) is 16.6 Å². The second-order valence-electron chi connectivity index (χ2n) is 5.50. The standard InChI is InChI=1S/C15H20ClNO2/c1-10-2-4-11(5-3-10)9-17-14-7-6-12(16)8-13(14)15(18)19/h6-8,10-11,17H,2-5,9H2,1H3,(H,18,19). The highest BCUT2D eigenvalue weighted by Gasteiger charge is 2.18. The third-order valence-corrected chi connectivity index (χ3v) is 4.16. The summed E-state index contributed by atoms with van der Waals surface area (Å²) in [5.41, 5.74) is 0.909. The van der Waals surface area contributed by atoms with E-state index in [1.54, 1.807) is 12.1 Å². The maximum Gasteiger partial charge on any atom is 0.337 e. The van der Waals surface area contributed by atoms with Crippen LogP contribution in [0, 0.1) is 11.8 Å². The Kier molecular flexibility index (Phi) is 4.70. The number of carbonyl (C=O) groups is 1. The molecule has 0 amide bonds.